The lowest BCUT2D eigenvalue weighted by atomic mass is 10.00. The first-order chi connectivity index (χ1) is 5.63. The summed E-state index contributed by atoms with van der Waals surface area (Å²) in [6, 6.07) is 3.71. The largest absolute Gasteiger partial charge is 0.387 e. The van der Waals surface area contributed by atoms with Crippen LogP contribution in [0.15, 0.2) is 17.5 Å². The average Bonchev–Trinajstić information content (AvgIpc) is 2.53. The van der Waals surface area contributed by atoms with Crippen molar-refractivity contribution in [2.45, 2.75) is 20.0 Å². The van der Waals surface area contributed by atoms with E-state index in [-0.39, 0.29) is 11.7 Å². The van der Waals surface area contributed by atoms with E-state index < -0.39 is 6.10 Å². The molecule has 0 spiro atoms. The van der Waals surface area contributed by atoms with Gasteiger partial charge in [0.2, 0.25) is 0 Å². The van der Waals surface area contributed by atoms with E-state index in [0.29, 0.717) is 0 Å². The molecule has 2 nitrogen and oxygen atoms in total. The highest BCUT2D eigenvalue weighted by atomic mass is 32.1. The standard InChI is InChI=1S/C9H12O2S/c1-6(7(2)10)9(11)8-4-3-5-12-8/h3-6,9,11H,1-2H3/t6-,9-/m0/s1. The molecule has 0 amide bonds. The van der Waals surface area contributed by atoms with Crippen molar-refractivity contribution >= 4 is 17.1 Å². The summed E-state index contributed by atoms with van der Waals surface area (Å²) >= 11 is 1.47. The minimum Gasteiger partial charge on any atom is -0.387 e. The first kappa shape index (κ1) is 9.42. The SMILES string of the molecule is CC(=O)[C@H](C)[C@H](O)c1cccs1. The van der Waals surface area contributed by atoms with Gasteiger partial charge in [-0.1, -0.05) is 13.0 Å². The quantitative estimate of drug-likeness (QED) is 0.780. The second-order valence-electron chi connectivity index (χ2n) is 2.86. The van der Waals surface area contributed by atoms with E-state index in [2.05, 4.69) is 0 Å². The minimum absolute atomic E-state index is 0.0240. The monoisotopic (exact) mass is 184 g/mol. The van der Waals surface area contributed by atoms with E-state index in [9.17, 15) is 9.90 Å². The zero-order valence-corrected chi connectivity index (χ0v) is 7.97. The predicted molar refractivity (Wildman–Crippen MR) is 49.1 cm³/mol. The fourth-order valence-corrected chi connectivity index (χ4v) is 1.74. The van der Waals surface area contributed by atoms with Crippen LogP contribution in [0.1, 0.15) is 24.8 Å². The summed E-state index contributed by atoms with van der Waals surface area (Å²) in [6.07, 6.45) is -0.637. The molecular formula is C9H12O2S. The summed E-state index contributed by atoms with van der Waals surface area (Å²) < 4.78 is 0. The fourth-order valence-electron chi connectivity index (χ4n) is 0.928. The Morgan fingerprint density at radius 1 is 1.67 bits per heavy atom. The van der Waals surface area contributed by atoms with Crippen molar-refractivity contribution < 1.29 is 9.90 Å². The first-order valence-corrected chi connectivity index (χ1v) is 4.73. The minimum atomic E-state index is -0.637. The number of hydrogen-bond acceptors (Lipinski definition) is 3. The number of carbonyl (C=O) groups excluding carboxylic acids is 1. The Kier molecular flexibility index (Phi) is 3.00. The van der Waals surface area contributed by atoms with Crippen molar-refractivity contribution in [3.8, 4) is 0 Å². The molecule has 0 aromatic carbocycles. The lowest BCUT2D eigenvalue weighted by Crippen LogP contribution is -2.15. The van der Waals surface area contributed by atoms with Gasteiger partial charge in [0.05, 0.1) is 6.10 Å². The van der Waals surface area contributed by atoms with Crippen LogP contribution in [0.5, 0.6) is 0 Å². The Morgan fingerprint density at radius 2 is 2.33 bits per heavy atom. The molecule has 12 heavy (non-hydrogen) atoms. The molecule has 3 heteroatoms. The van der Waals surface area contributed by atoms with Crippen LogP contribution in [0.25, 0.3) is 0 Å². The topological polar surface area (TPSA) is 37.3 Å². The molecule has 0 radical (unpaired) electrons. The van der Waals surface area contributed by atoms with E-state index in [1.165, 1.54) is 18.3 Å². The summed E-state index contributed by atoms with van der Waals surface area (Å²) in [4.78, 5) is 11.8. The van der Waals surface area contributed by atoms with Crippen molar-refractivity contribution in [3.05, 3.63) is 22.4 Å². The molecule has 0 unspecified atom stereocenters. The van der Waals surface area contributed by atoms with Crippen molar-refractivity contribution in [2.24, 2.45) is 5.92 Å². The van der Waals surface area contributed by atoms with Crippen LogP contribution >= 0.6 is 11.3 Å². The maximum absolute atomic E-state index is 10.9. The van der Waals surface area contributed by atoms with E-state index in [1.54, 1.807) is 6.92 Å². The van der Waals surface area contributed by atoms with Crippen molar-refractivity contribution in [2.75, 3.05) is 0 Å². The second-order valence-corrected chi connectivity index (χ2v) is 3.84. The molecule has 1 aromatic heterocycles. The molecule has 0 aliphatic carbocycles. The zero-order valence-electron chi connectivity index (χ0n) is 7.15. The lowest BCUT2D eigenvalue weighted by molar-refractivity contribution is -0.123. The molecule has 1 rings (SSSR count). The molecule has 0 aliphatic rings. The number of carbonyl (C=O) groups is 1. The van der Waals surface area contributed by atoms with Gasteiger partial charge in [0.15, 0.2) is 0 Å². The van der Waals surface area contributed by atoms with E-state index in [4.69, 9.17) is 0 Å². The molecule has 0 aliphatic heterocycles. The average molecular weight is 184 g/mol. The molecule has 1 heterocycles. The van der Waals surface area contributed by atoms with Crippen LogP contribution in [-0.4, -0.2) is 10.9 Å². The zero-order chi connectivity index (χ0) is 9.14. The summed E-state index contributed by atoms with van der Waals surface area (Å²) in [6.45, 7) is 3.24. The van der Waals surface area contributed by atoms with Crippen LogP contribution < -0.4 is 0 Å². The summed E-state index contributed by atoms with van der Waals surface area (Å²) in [5.41, 5.74) is 0. The number of thiophene rings is 1. The summed E-state index contributed by atoms with van der Waals surface area (Å²) in [5.74, 6) is -0.278. The molecule has 0 saturated heterocycles. The Morgan fingerprint density at radius 3 is 2.75 bits per heavy atom. The van der Waals surface area contributed by atoms with Gasteiger partial charge < -0.3 is 5.11 Å². The van der Waals surface area contributed by atoms with E-state index >= 15 is 0 Å². The van der Waals surface area contributed by atoms with Gasteiger partial charge in [0.25, 0.3) is 0 Å². The lowest BCUT2D eigenvalue weighted by Gasteiger charge is -2.13. The number of aliphatic hydroxyl groups is 1. The number of hydrogen-bond donors (Lipinski definition) is 1. The Balaban J connectivity index is 2.71. The Labute approximate surface area is 75.9 Å². The highest BCUT2D eigenvalue weighted by molar-refractivity contribution is 7.10. The Bertz CT molecular complexity index is 254. The van der Waals surface area contributed by atoms with Gasteiger partial charge in [-0.25, -0.2) is 0 Å². The van der Waals surface area contributed by atoms with Gasteiger partial charge in [-0.05, 0) is 18.4 Å². The number of rotatable bonds is 3. The molecule has 0 saturated carbocycles. The third-order valence-electron chi connectivity index (χ3n) is 1.95. The van der Waals surface area contributed by atoms with Gasteiger partial charge in [-0.3, -0.25) is 4.79 Å². The van der Waals surface area contributed by atoms with Gasteiger partial charge in [-0.2, -0.15) is 0 Å². The highest BCUT2D eigenvalue weighted by Crippen LogP contribution is 2.25. The fraction of sp³-hybridized carbons (Fsp3) is 0.444. The van der Waals surface area contributed by atoms with Crippen LogP contribution in [0, 0.1) is 5.92 Å². The summed E-state index contributed by atoms with van der Waals surface area (Å²) in [7, 11) is 0. The van der Waals surface area contributed by atoms with Crippen LogP contribution in [-0.2, 0) is 4.79 Å². The summed E-state index contributed by atoms with van der Waals surface area (Å²) in [5, 5.41) is 11.5. The van der Waals surface area contributed by atoms with Crippen molar-refractivity contribution in [3.63, 3.8) is 0 Å². The van der Waals surface area contributed by atoms with Crippen molar-refractivity contribution in [1.82, 2.24) is 0 Å². The smallest absolute Gasteiger partial charge is 0.135 e. The Hall–Kier alpha value is -0.670. The molecule has 1 N–H and O–H groups in total. The normalized spacial score (nSPS) is 15.6. The number of aliphatic hydroxyl groups excluding tert-OH is 1. The maximum Gasteiger partial charge on any atom is 0.135 e. The van der Waals surface area contributed by atoms with Crippen molar-refractivity contribution in [1.29, 1.82) is 0 Å². The third kappa shape index (κ3) is 1.93. The highest BCUT2D eigenvalue weighted by Gasteiger charge is 2.20. The predicted octanol–water partition coefficient (Wildman–Crippen LogP) is 2.01. The van der Waals surface area contributed by atoms with Crippen LogP contribution in [0.4, 0.5) is 0 Å². The third-order valence-corrected chi connectivity index (χ3v) is 2.89. The maximum atomic E-state index is 10.9. The van der Waals surface area contributed by atoms with E-state index in [0.717, 1.165) is 4.88 Å². The van der Waals surface area contributed by atoms with E-state index in [1.807, 2.05) is 17.5 Å². The second kappa shape index (κ2) is 3.83. The molecule has 0 bridgehead atoms. The molecule has 66 valence electrons. The van der Waals surface area contributed by atoms with Gasteiger partial charge >= 0.3 is 0 Å². The van der Waals surface area contributed by atoms with Gasteiger partial charge in [0, 0.05) is 10.8 Å². The first-order valence-electron chi connectivity index (χ1n) is 3.85. The number of ketones is 1. The molecule has 1 aromatic rings. The molecule has 2 atom stereocenters. The van der Waals surface area contributed by atoms with Crippen LogP contribution in [0.2, 0.25) is 0 Å². The number of Topliss-reactive ketones (excluding diaryl/α,β-unsaturated/α-hetero) is 1. The molecule has 0 fully saturated rings. The van der Waals surface area contributed by atoms with Gasteiger partial charge in [0.1, 0.15) is 5.78 Å². The van der Waals surface area contributed by atoms with Crippen LogP contribution in [0.3, 0.4) is 0 Å². The molecular weight excluding hydrogens is 172 g/mol. The van der Waals surface area contributed by atoms with Gasteiger partial charge in [-0.15, -0.1) is 11.3 Å².